The largest absolute Gasteiger partial charge is 0.412 e. The Morgan fingerprint density at radius 1 is 0.286 bits per heavy atom. The Morgan fingerprint density at radius 2 is 0.286 bits per heavy atom. The molecule has 0 aromatic rings. The van der Waals surface area contributed by atoms with Gasteiger partial charge in [-0.25, -0.2) is 0 Å². The molecule has 0 aliphatic carbocycles. The predicted molar refractivity (Wildman–Crippen MR) is 3.61 cm³/mol. The summed E-state index contributed by atoms with van der Waals surface area (Å²) in [5.74, 6) is 0. The molecule has 0 aromatic heterocycles. The van der Waals surface area contributed by atoms with Crippen LogP contribution in [0.2, 0.25) is 0 Å². The van der Waals surface area contributed by atoms with Gasteiger partial charge in [0.25, 0.3) is 0 Å². The third kappa shape index (κ3) is 37.9. The fourth-order valence-electron chi connectivity index (χ4n) is 0. The van der Waals surface area contributed by atoms with Crippen molar-refractivity contribution < 1.29 is 140 Å². The monoisotopic (exact) mass is 575 g/mol. The average molecular weight is 575 g/mol. The van der Waals surface area contributed by atoms with Crippen LogP contribution in [0.25, 0.3) is 0 Å². The molecule has 0 atom stereocenters. The Balaban J connectivity index is 0. The van der Waals surface area contributed by atoms with E-state index in [1.54, 1.807) is 0 Å². The Labute approximate surface area is 137 Å². The van der Waals surface area contributed by atoms with Gasteiger partial charge in [0.05, 0.1) is 0 Å². The van der Waals surface area contributed by atoms with Gasteiger partial charge < -0.3 is 5.48 Å². The predicted octanol–water partition coefficient (Wildman–Crippen LogP) is -0.840. The van der Waals surface area contributed by atoms with Crippen LogP contribution in [0.5, 0.6) is 0 Å². The maximum atomic E-state index is 0. The van der Waals surface area contributed by atoms with Crippen molar-refractivity contribution in [1.82, 2.24) is 0 Å². The Morgan fingerprint density at radius 3 is 0.286 bits per heavy atom. The molecule has 1 nitrogen and oxygen atoms in total. The third-order valence-electron chi connectivity index (χ3n) is 0. The molecule has 0 amide bonds. The van der Waals surface area contributed by atoms with E-state index in [1.165, 1.54) is 0 Å². The van der Waals surface area contributed by atoms with Gasteiger partial charge in [0.2, 0.25) is 0 Å². The SMILES string of the molecule is O.[Nb].[Nb].[Nb].[Nb].[Nb].[Nb]. The minimum atomic E-state index is 0. The van der Waals surface area contributed by atoms with Crippen molar-refractivity contribution in [2.45, 2.75) is 0 Å². The van der Waals surface area contributed by atoms with Crippen molar-refractivity contribution in [2.24, 2.45) is 0 Å². The van der Waals surface area contributed by atoms with E-state index in [4.69, 9.17) is 0 Å². The molecule has 0 fully saturated rings. The van der Waals surface area contributed by atoms with Crippen molar-refractivity contribution >= 4 is 0 Å². The summed E-state index contributed by atoms with van der Waals surface area (Å²) in [5, 5.41) is 0. The molecule has 6 radical (unpaired) electrons. The number of hydrogen-bond acceptors (Lipinski definition) is 0. The van der Waals surface area contributed by atoms with Crippen LogP contribution in [0, 0.1) is 0 Å². The zero-order chi connectivity index (χ0) is 0. The van der Waals surface area contributed by atoms with E-state index in [2.05, 4.69) is 0 Å². The molecular formula is H2Nb6O. The van der Waals surface area contributed by atoms with Gasteiger partial charge in [-0.05, 0) is 0 Å². The topological polar surface area (TPSA) is 31.5 Å². The van der Waals surface area contributed by atoms with Crippen molar-refractivity contribution in [3.63, 3.8) is 0 Å². The second kappa shape index (κ2) is 47.5. The van der Waals surface area contributed by atoms with Crippen LogP contribution < -0.4 is 0 Å². The molecule has 7 heavy (non-hydrogen) atoms. The minimum absolute atomic E-state index is 0. The van der Waals surface area contributed by atoms with E-state index in [-0.39, 0.29) is 140 Å². The van der Waals surface area contributed by atoms with Gasteiger partial charge in [-0.1, -0.05) is 0 Å². The van der Waals surface area contributed by atoms with Crippen LogP contribution in [-0.2, 0) is 134 Å². The van der Waals surface area contributed by atoms with E-state index in [0.29, 0.717) is 0 Å². The fraction of sp³-hybridized carbons (Fsp3) is 0. The van der Waals surface area contributed by atoms with E-state index in [0.717, 1.165) is 0 Å². The molecule has 38 valence electrons. The van der Waals surface area contributed by atoms with Crippen LogP contribution >= 0.6 is 0 Å². The molecule has 0 bridgehead atoms. The number of hydrogen-bond donors (Lipinski definition) is 0. The second-order valence-corrected chi connectivity index (χ2v) is 0. The van der Waals surface area contributed by atoms with Crippen molar-refractivity contribution in [1.29, 1.82) is 0 Å². The molecule has 0 heterocycles. The van der Waals surface area contributed by atoms with E-state index in [9.17, 15) is 0 Å². The van der Waals surface area contributed by atoms with Crippen LogP contribution in [-0.4, -0.2) is 5.48 Å². The first-order valence-electron chi connectivity index (χ1n) is 0. The summed E-state index contributed by atoms with van der Waals surface area (Å²) in [7, 11) is 0. The molecule has 0 unspecified atom stereocenters. The summed E-state index contributed by atoms with van der Waals surface area (Å²) < 4.78 is 0. The van der Waals surface area contributed by atoms with Crippen LogP contribution in [0.3, 0.4) is 0 Å². The van der Waals surface area contributed by atoms with E-state index in [1.807, 2.05) is 0 Å². The summed E-state index contributed by atoms with van der Waals surface area (Å²) >= 11 is 0. The smallest absolute Gasteiger partial charge is 0 e. The first-order valence-corrected chi connectivity index (χ1v) is 0. The standard InChI is InChI=1S/6Nb.H2O/h;;;;;;1H2. The van der Waals surface area contributed by atoms with Gasteiger partial charge in [0.15, 0.2) is 0 Å². The van der Waals surface area contributed by atoms with Crippen LogP contribution in [0.15, 0.2) is 0 Å². The summed E-state index contributed by atoms with van der Waals surface area (Å²) in [6.07, 6.45) is 0. The third-order valence-corrected chi connectivity index (χ3v) is 0. The van der Waals surface area contributed by atoms with Gasteiger partial charge in [-0.15, -0.1) is 0 Å². The van der Waals surface area contributed by atoms with Crippen LogP contribution in [0.4, 0.5) is 0 Å². The molecule has 0 saturated carbocycles. The molecule has 0 aliphatic heterocycles. The van der Waals surface area contributed by atoms with Gasteiger partial charge in [0.1, 0.15) is 0 Å². The van der Waals surface area contributed by atoms with E-state index >= 15 is 0 Å². The zero-order valence-electron chi connectivity index (χ0n) is 3.18. The van der Waals surface area contributed by atoms with Crippen LogP contribution in [0.1, 0.15) is 0 Å². The Bertz CT molecular complexity index is 4.14. The zero-order valence-corrected chi connectivity index (χ0v) is 16.4. The van der Waals surface area contributed by atoms with Crippen molar-refractivity contribution in [3.05, 3.63) is 0 Å². The van der Waals surface area contributed by atoms with Gasteiger partial charge in [-0.3, -0.25) is 0 Å². The maximum absolute atomic E-state index is 0. The summed E-state index contributed by atoms with van der Waals surface area (Å²) in [6, 6.07) is 0. The van der Waals surface area contributed by atoms with E-state index < -0.39 is 0 Å². The molecule has 0 saturated heterocycles. The molecule has 7 heteroatoms. The average Bonchev–Trinajstić information content (AvgIpc) is 0. The summed E-state index contributed by atoms with van der Waals surface area (Å²) in [4.78, 5) is 0. The normalized spacial score (nSPS) is 0. The molecular weight excluding hydrogens is 573 g/mol. The molecule has 0 rings (SSSR count). The first-order chi connectivity index (χ1) is 0. The Hall–Kier alpha value is 4.40. The first kappa shape index (κ1) is 63.7. The second-order valence-electron chi connectivity index (χ2n) is 0. The van der Waals surface area contributed by atoms with Gasteiger partial charge in [-0.2, -0.15) is 0 Å². The molecule has 0 spiro atoms. The number of rotatable bonds is 0. The van der Waals surface area contributed by atoms with Gasteiger partial charge >= 0.3 is 0 Å². The molecule has 0 aromatic carbocycles. The van der Waals surface area contributed by atoms with Gasteiger partial charge in [0, 0.05) is 134 Å². The maximum Gasteiger partial charge on any atom is 0 e. The minimum Gasteiger partial charge on any atom is -0.412 e. The Kier molecular flexibility index (Phi) is 432. The molecule has 2 N–H and O–H groups in total. The molecule has 0 aliphatic rings. The quantitative estimate of drug-likeness (QED) is 0.338. The van der Waals surface area contributed by atoms with Crippen molar-refractivity contribution in [3.8, 4) is 0 Å². The van der Waals surface area contributed by atoms with Crippen molar-refractivity contribution in [2.75, 3.05) is 0 Å². The summed E-state index contributed by atoms with van der Waals surface area (Å²) in [6.45, 7) is 0. The fourth-order valence-corrected chi connectivity index (χ4v) is 0. The summed E-state index contributed by atoms with van der Waals surface area (Å²) in [5.41, 5.74) is 0.